The van der Waals surface area contributed by atoms with Crippen molar-refractivity contribution in [2.24, 2.45) is 23.3 Å². The summed E-state index contributed by atoms with van der Waals surface area (Å²) in [6.07, 6.45) is 20.4. The topological polar surface area (TPSA) is 92.7 Å². The molecule has 0 saturated heterocycles. The Morgan fingerprint density at radius 3 is 1.41 bits per heavy atom. The lowest BCUT2D eigenvalue weighted by molar-refractivity contribution is -0.124. The van der Waals surface area contributed by atoms with E-state index in [2.05, 4.69) is 64.1 Å². The monoisotopic (exact) mass is 846 g/mol. The third kappa shape index (κ3) is 11.6. The van der Waals surface area contributed by atoms with E-state index in [1.807, 2.05) is 37.5 Å². The minimum Gasteiger partial charge on any atom is -0.321 e. The van der Waals surface area contributed by atoms with E-state index in [1.165, 1.54) is 83.5 Å². The number of carbonyl (C=O) groups excluding carboxylic acids is 2. The van der Waals surface area contributed by atoms with Gasteiger partial charge in [-0.25, -0.2) is 0 Å². The maximum Gasteiger partial charge on any atom is 0.261 e. The number of carbonyl (C=O) groups is 2. The highest BCUT2D eigenvalue weighted by Gasteiger charge is 2.50. The van der Waals surface area contributed by atoms with E-state index in [4.69, 9.17) is 11.5 Å². The molecule has 58 heavy (non-hydrogen) atoms. The second kappa shape index (κ2) is 21.3. The molecule has 2 unspecified atom stereocenters. The van der Waals surface area contributed by atoms with Crippen molar-refractivity contribution in [3.63, 3.8) is 0 Å². The highest BCUT2D eigenvalue weighted by Crippen LogP contribution is 2.51. The van der Waals surface area contributed by atoms with E-state index < -0.39 is 11.1 Å². The predicted octanol–water partition coefficient (Wildman–Crippen LogP) is 13.7. The van der Waals surface area contributed by atoms with E-state index in [1.54, 1.807) is 34.0 Å². The third-order valence-corrected chi connectivity index (χ3v) is 16.0. The lowest BCUT2D eigenvalue weighted by Crippen LogP contribution is -2.34. The fourth-order valence-electron chi connectivity index (χ4n) is 8.46. The summed E-state index contributed by atoms with van der Waals surface area (Å²) >= 11 is 5.03. The molecular weight excluding hydrogens is 773 g/mol. The molecule has 3 aromatic rings. The first-order valence-electron chi connectivity index (χ1n) is 22.7. The van der Waals surface area contributed by atoms with E-state index in [0.717, 1.165) is 66.3 Å². The van der Waals surface area contributed by atoms with Gasteiger partial charge in [-0.15, -0.1) is 34.0 Å². The summed E-state index contributed by atoms with van der Waals surface area (Å²) < 4.78 is 0. The summed E-state index contributed by atoms with van der Waals surface area (Å²) in [5.74, 6) is 0.617. The minimum absolute atomic E-state index is 0.0202. The molecule has 2 atom stereocenters. The van der Waals surface area contributed by atoms with Crippen LogP contribution in [0.4, 0.5) is 0 Å². The Morgan fingerprint density at radius 1 is 0.517 bits per heavy atom. The Morgan fingerprint density at radius 2 is 0.897 bits per heavy atom. The molecule has 2 aliphatic heterocycles. The van der Waals surface area contributed by atoms with Crippen molar-refractivity contribution in [2.45, 2.75) is 176 Å². The number of unbranched alkanes of at least 4 members (excludes halogenated alkanes) is 11. The van der Waals surface area contributed by atoms with Crippen LogP contribution in [0.1, 0.15) is 184 Å². The van der Waals surface area contributed by atoms with Crippen LogP contribution >= 0.6 is 34.0 Å². The van der Waals surface area contributed by atoms with Crippen LogP contribution in [0, 0.1) is 11.8 Å². The van der Waals surface area contributed by atoms with Crippen LogP contribution < -0.4 is 11.5 Å². The van der Waals surface area contributed by atoms with Gasteiger partial charge < -0.3 is 21.3 Å². The highest BCUT2D eigenvalue weighted by atomic mass is 32.1. The number of fused-ring (bicyclic) bond motifs is 1. The van der Waals surface area contributed by atoms with Gasteiger partial charge in [0.15, 0.2) is 0 Å². The van der Waals surface area contributed by atoms with Crippen LogP contribution in [-0.4, -0.2) is 34.7 Å². The summed E-state index contributed by atoms with van der Waals surface area (Å²) in [5, 5.41) is 0. The van der Waals surface area contributed by atoms with Crippen molar-refractivity contribution in [3.05, 3.63) is 67.1 Å². The second-order valence-electron chi connectivity index (χ2n) is 18.4. The van der Waals surface area contributed by atoms with Gasteiger partial charge in [-0.2, -0.15) is 0 Å². The summed E-state index contributed by atoms with van der Waals surface area (Å²) in [6, 6.07) is 12.8. The molecule has 5 rings (SSSR count). The summed E-state index contributed by atoms with van der Waals surface area (Å²) in [6.45, 7) is 18.4. The molecule has 0 aliphatic carbocycles. The number of thiophene rings is 3. The molecular formula is C49H74N4O2S3. The molecule has 4 N–H and O–H groups in total. The fourth-order valence-corrected chi connectivity index (χ4v) is 11.7. The lowest BCUT2D eigenvalue weighted by atomic mass is 9.93. The van der Waals surface area contributed by atoms with Gasteiger partial charge in [-0.05, 0) is 95.2 Å². The summed E-state index contributed by atoms with van der Waals surface area (Å²) in [7, 11) is 0. The van der Waals surface area contributed by atoms with Crippen molar-refractivity contribution >= 4 is 57.2 Å². The zero-order valence-electron chi connectivity index (χ0n) is 37.1. The molecule has 320 valence electrons. The van der Waals surface area contributed by atoms with Crippen molar-refractivity contribution in [1.82, 2.24) is 9.80 Å². The number of hydrogen-bond donors (Lipinski definition) is 2. The van der Waals surface area contributed by atoms with Gasteiger partial charge in [0.2, 0.25) is 0 Å². The zero-order valence-corrected chi connectivity index (χ0v) is 39.6. The lowest BCUT2D eigenvalue weighted by Gasteiger charge is -2.29. The molecule has 3 aromatic heterocycles. The number of hydrogen-bond acceptors (Lipinski definition) is 7. The molecule has 2 aliphatic rings. The molecule has 5 heterocycles. The number of amides is 2. The van der Waals surface area contributed by atoms with Crippen LogP contribution in [0.15, 0.2) is 47.5 Å². The number of rotatable bonds is 26. The largest absolute Gasteiger partial charge is 0.321 e. The second-order valence-corrected chi connectivity index (χ2v) is 21.7. The molecule has 9 heteroatoms. The quantitative estimate of drug-likeness (QED) is 0.0787. The van der Waals surface area contributed by atoms with Gasteiger partial charge in [0, 0.05) is 43.7 Å². The summed E-state index contributed by atoms with van der Waals surface area (Å²) in [5.41, 5.74) is 15.0. The van der Waals surface area contributed by atoms with Crippen LogP contribution in [0.5, 0.6) is 0 Å². The average Bonchev–Trinajstić information content (AvgIpc) is 4.01. The van der Waals surface area contributed by atoms with Gasteiger partial charge >= 0.3 is 0 Å². The van der Waals surface area contributed by atoms with Crippen LogP contribution in [-0.2, 0) is 20.7 Å². The van der Waals surface area contributed by atoms with Gasteiger partial charge in [0.1, 0.15) is 0 Å². The fraction of sp³-hybridized carbons (Fsp3) is 0.633. The third-order valence-electron chi connectivity index (χ3n) is 11.9. The van der Waals surface area contributed by atoms with E-state index in [9.17, 15) is 0 Å². The van der Waals surface area contributed by atoms with E-state index >= 15 is 9.59 Å². The van der Waals surface area contributed by atoms with E-state index in [0.29, 0.717) is 36.1 Å². The molecule has 0 saturated carbocycles. The molecule has 2 amide bonds. The Labute approximate surface area is 363 Å². The van der Waals surface area contributed by atoms with Gasteiger partial charge in [0.25, 0.3) is 11.8 Å². The first-order chi connectivity index (χ1) is 27.7. The number of nitrogens with two attached hydrogens (primary N) is 2. The predicted molar refractivity (Wildman–Crippen MR) is 252 cm³/mol. The first-order valence-corrected chi connectivity index (χ1v) is 25.2. The van der Waals surface area contributed by atoms with Crippen LogP contribution in [0.25, 0.3) is 21.1 Å². The molecule has 0 fully saturated rings. The Bertz CT molecular complexity index is 1860. The Hall–Kier alpha value is -2.56. The average molecular weight is 847 g/mol. The van der Waals surface area contributed by atoms with Gasteiger partial charge in [-0.3, -0.25) is 9.59 Å². The van der Waals surface area contributed by atoms with E-state index in [-0.39, 0.29) is 11.8 Å². The van der Waals surface area contributed by atoms with Crippen LogP contribution in [0.2, 0.25) is 0 Å². The zero-order chi connectivity index (χ0) is 42.0. The highest BCUT2D eigenvalue weighted by molar-refractivity contribution is 7.22. The van der Waals surface area contributed by atoms with Crippen molar-refractivity contribution < 1.29 is 9.59 Å². The van der Waals surface area contributed by atoms with Crippen molar-refractivity contribution in [2.75, 3.05) is 13.1 Å². The minimum atomic E-state index is -0.530. The molecule has 0 radical (unpaired) electrons. The molecule has 0 spiro atoms. The molecule has 0 aromatic carbocycles. The van der Waals surface area contributed by atoms with Crippen LogP contribution in [0.3, 0.4) is 0 Å². The molecule has 6 nitrogen and oxygen atoms in total. The molecule has 0 bridgehead atoms. The van der Waals surface area contributed by atoms with Gasteiger partial charge in [-0.1, -0.05) is 118 Å². The maximum atomic E-state index is 15.3. The Kier molecular flexibility index (Phi) is 17.1. The van der Waals surface area contributed by atoms with Crippen molar-refractivity contribution in [3.8, 4) is 9.75 Å². The SMILES string of the molecule is CCCCCCCCC(CCCCCC)CN1C(=O)C2=C(c3ccc(-c4ccc(C(C)(C)N)s4)s3)N(CC(C)CCCCCC)C(=O)C2=C1c1ccc(C(C)(C)N)s1. The van der Waals surface area contributed by atoms with Crippen molar-refractivity contribution in [1.29, 1.82) is 0 Å². The first kappa shape index (κ1) is 46.5. The maximum absolute atomic E-state index is 15.3. The smallest absolute Gasteiger partial charge is 0.261 e. The normalized spacial score (nSPS) is 16.1. The van der Waals surface area contributed by atoms with Gasteiger partial charge in [0.05, 0.1) is 32.3 Å². The number of nitrogens with zero attached hydrogens (tertiary/aromatic N) is 2. The Balaban J connectivity index is 1.59. The summed E-state index contributed by atoms with van der Waals surface area (Å²) in [4.78, 5) is 40.9. The standard InChI is InChI=1S/C49H74N4O2S3/c1-9-12-15-18-19-22-25-35(24-21-17-14-11-3)33-53-45(39-29-31-41(58-39)49(7,8)51)43-42(47(53)55)44(52(46(43)54)32-34(4)23-20-16-13-10-2)38-27-26-36(56-38)37-28-30-40(57-37)48(5,6)50/h26-31,34-35H,9-25,32-33,50-51H2,1-8H3.